The van der Waals surface area contributed by atoms with Crippen LogP contribution >= 0.6 is 0 Å². The van der Waals surface area contributed by atoms with Crippen LogP contribution in [0.1, 0.15) is 36.2 Å². The number of rotatable bonds is 7. The monoisotopic (exact) mass is 380 g/mol. The van der Waals surface area contributed by atoms with Gasteiger partial charge in [0.15, 0.2) is 0 Å². The van der Waals surface area contributed by atoms with Crippen LogP contribution in [0.2, 0.25) is 0 Å². The lowest BCUT2D eigenvalue weighted by atomic mass is 10.1. The minimum absolute atomic E-state index is 0.00298. The molecule has 2 N–H and O–H groups in total. The molecule has 146 valence electrons. The largest absolute Gasteiger partial charge is 0.480 e. The predicted octanol–water partition coefficient (Wildman–Crippen LogP) is 3.40. The molecule has 1 aliphatic rings. The van der Waals surface area contributed by atoms with E-state index >= 15 is 0 Å². The van der Waals surface area contributed by atoms with Gasteiger partial charge in [0.25, 0.3) is 5.91 Å². The highest BCUT2D eigenvalue weighted by Gasteiger charge is 2.39. The summed E-state index contributed by atoms with van der Waals surface area (Å²) >= 11 is 0. The van der Waals surface area contributed by atoms with Gasteiger partial charge in [0.1, 0.15) is 6.04 Å². The van der Waals surface area contributed by atoms with Gasteiger partial charge in [-0.25, -0.2) is 4.79 Å². The molecule has 2 aromatic carbocycles. The Morgan fingerprint density at radius 1 is 1.11 bits per heavy atom. The number of carboxylic acids is 1. The first-order valence-corrected chi connectivity index (χ1v) is 9.35. The summed E-state index contributed by atoms with van der Waals surface area (Å²) < 4.78 is 0. The number of nitrogens with one attached hydrogen (secondary N) is 1. The van der Waals surface area contributed by atoms with Crippen molar-refractivity contribution in [1.29, 1.82) is 0 Å². The average Bonchev–Trinajstić information content (AvgIpc) is 3.43. The average molecular weight is 380 g/mol. The second-order valence-electron chi connectivity index (χ2n) is 7.32. The summed E-state index contributed by atoms with van der Waals surface area (Å²) in [5, 5.41) is 12.3. The standard InChI is InChI=1S/C22H24N2O4/c1-14-12-19(14)20(25)23-18-10-8-17(9-11-18)21(26)24(15(2)22(27)28)13-16-6-4-3-5-7-16/h3-11,14-15,19H,12-13H2,1-2H3,(H,23,25)(H,27,28). The molecule has 2 amide bonds. The maximum Gasteiger partial charge on any atom is 0.326 e. The SMILES string of the molecule is CC1CC1C(=O)Nc1ccc(C(=O)N(Cc2ccccc2)C(C)C(=O)O)cc1. The van der Waals surface area contributed by atoms with Gasteiger partial charge < -0.3 is 15.3 Å². The van der Waals surface area contributed by atoms with Crippen molar-refractivity contribution in [3.05, 3.63) is 65.7 Å². The van der Waals surface area contributed by atoms with Crippen LogP contribution in [0.3, 0.4) is 0 Å². The van der Waals surface area contributed by atoms with Crippen LogP contribution in [0.15, 0.2) is 54.6 Å². The third-order valence-electron chi connectivity index (χ3n) is 5.13. The molecule has 6 nitrogen and oxygen atoms in total. The smallest absolute Gasteiger partial charge is 0.326 e. The Balaban J connectivity index is 1.74. The summed E-state index contributed by atoms with van der Waals surface area (Å²) in [7, 11) is 0. The van der Waals surface area contributed by atoms with Crippen molar-refractivity contribution in [1.82, 2.24) is 4.90 Å². The molecule has 1 saturated carbocycles. The van der Waals surface area contributed by atoms with Crippen LogP contribution in [0.25, 0.3) is 0 Å². The molecular formula is C22H24N2O4. The van der Waals surface area contributed by atoms with E-state index in [1.807, 2.05) is 37.3 Å². The quantitative estimate of drug-likeness (QED) is 0.771. The van der Waals surface area contributed by atoms with Crippen molar-refractivity contribution in [2.45, 2.75) is 32.9 Å². The van der Waals surface area contributed by atoms with Gasteiger partial charge in [-0.3, -0.25) is 9.59 Å². The molecule has 3 atom stereocenters. The molecule has 28 heavy (non-hydrogen) atoms. The summed E-state index contributed by atoms with van der Waals surface area (Å²) in [6, 6.07) is 14.9. The fourth-order valence-electron chi connectivity index (χ4n) is 3.08. The summed E-state index contributed by atoms with van der Waals surface area (Å²) in [6.07, 6.45) is 0.907. The maximum absolute atomic E-state index is 13.0. The number of hydrogen-bond donors (Lipinski definition) is 2. The molecule has 1 aliphatic carbocycles. The number of benzene rings is 2. The van der Waals surface area contributed by atoms with Crippen molar-refractivity contribution in [3.8, 4) is 0 Å². The van der Waals surface area contributed by atoms with Crippen LogP contribution < -0.4 is 5.32 Å². The lowest BCUT2D eigenvalue weighted by Crippen LogP contribution is -2.42. The van der Waals surface area contributed by atoms with Gasteiger partial charge >= 0.3 is 5.97 Å². The van der Waals surface area contributed by atoms with Crippen molar-refractivity contribution < 1.29 is 19.5 Å². The third-order valence-corrected chi connectivity index (χ3v) is 5.13. The highest BCUT2D eigenvalue weighted by Crippen LogP contribution is 2.38. The van der Waals surface area contributed by atoms with E-state index in [4.69, 9.17) is 0 Å². The summed E-state index contributed by atoms with van der Waals surface area (Å²) in [5.41, 5.74) is 1.86. The molecule has 0 aliphatic heterocycles. The minimum Gasteiger partial charge on any atom is -0.480 e. The van der Waals surface area contributed by atoms with Gasteiger partial charge in [0, 0.05) is 23.7 Å². The van der Waals surface area contributed by atoms with Gasteiger partial charge in [-0.2, -0.15) is 0 Å². The van der Waals surface area contributed by atoms with Gasteiger partial charge in [-0.15, -0.1) is 0 Å². The number of carbonyl (C=O) groups excluding carboxylic acids is 2. The molecular weight excluding hydrogens is 356 g/mol. The molecule has 0 heterocycles. The van der Waals surface area contributed by atoms with Gasteiger partial charge in [0.2, 0.25) is 5.91 Å². The minimum atomic E-state index is -1.06. The van der Waals surface area contributed by atoms with Gasteiger partial charge in [-0.1, -0.05) is 37.3 Å². The molecule has 0 saturated heterocycles. The first kappa shape index (κ1) is 19.6. The first-order chi connectivity index (χ1) is 13.4. The Bertz CT molecular complexity index is 864. The Labute approximate surface area is 164 Å². The second kappa shape index (κ2) is 8.25. The Kier molecular flexibility index (Phi) is 5.78. The maximum atomic E-state index is 13.0. The van der Waals surface area contributed by atoms with Crippen LogP contribution in [0.4, 0.5) is 5.69 Å². The Morgan fingerprint density at radius 2 is 1.71 bits per heavy atom. The Hall–Kier alpha value is -3.15. The van der Waals surface area contributed by atoms with Gasteiger partial charge in [-0.05, 0) is 49.1 Å². The zero-order valence-electron chi connectivity index (χ0n) is 16.0. The number of anilines is 1. The van der Waals surface area contributed by atoms with E-state index in [0.717, 1.165) is 12.0 Å². The van der Waals surface area contributed by atoms with E-state index in [2.05, 4.69) is 5.32 Å². The van der Waals surface area contributed by atoms with Crippen molar-refractivity contribution in [2.24, 2.45) is 11.8 Å². The fourth-order valence-corrected chi connectivity index (χ4v) is 3.08. The zero-order chi connectivity index (χ0) is 20.3. The molecule has 2 aromatic rings. The molecule has 6 heteroatoms. The number of hydrogen-bond acceptors (Lipinski definition) is 3. The molecule has 3 rings (SSSR count). The van der Waals surface area contributed by atoms with E-state index in [-0.39, 0.29) is 24.3 Å². The topological polar surface area (TPSA) is 86.7 Å². The van der Waals surface area contributed by atoms with E-state index < -0.39 is 12.0 Å². The predicted molar refractivity (Wildman–Crippen MR) is 106 cm³/mol. The van der Waals surface area contributed by atoms with Crippen LogP contribution in [-0.2, 0) is 16.1 Å². The summed E-state index contributed by atoms with van der Waals surface area (Å²) in [4.78, 5) is 37.8. The zero-order valence-corrected chi connectivity index (χ0v) is 16.0. The number of carboxylic acid groups (broad SMARTS) is 1. The molecule has 0 bridgehead atoms. The summed E-state index contributed by atoms with van der Waals surface area (Å²) in [5.74, 6) is -0.945. The fraction of sp³-hybridized carbons (Fsp3) is 0.318. The molecule has 3 unspecified atom stereocenters. The van der Waals surface area contributed by atoms with E-state index in [9.17, 15) is 19.5 Å². The number of nitrogens with zero attached hydrogens (tertiary/aromatic N) is 1. The highest BCUT2D eigenvalue weighted by molar-refractivity contribution is 5.98. The number of carbonyl (C=O) groups is 3. The van der Waals surface area contributed by atoms with E-state index in [0.29, 0.717) is 17.2 Å². The summed E-state index contributed by atoms with van der Waals surface area (Å²) in [6.45, 7) is 3.73. The Morgan fingerprint density at radius 3 is 2.25 bits per heavy atom. The van der Waals surface area contributed by atoms with E-state index in [1.165, 1.54) is 11.8 Å². The highest BCUT2D eigenvalue weighted by atomic mass is 16.4. The molecule has 1 fully saturated rings. The van der Waals surface area contributed by atoms with Crippen molar-refractivity contribution in [2.75, 3.05) is 5.32 Å². The van der Waals surface area contributed by atoms with Crippen LogP contribution in [0, 0.1) is 11.8 Å². The molecule has 0 radical (unpaired) electrons. The van der Waals surface area contributed by atoms with Crippen LogP contribution in [0.5, 0.6) is 0 Å². The second-order valence-corrected chi connectivity index (χ2v) is 7.32. The third kappa shape index (κ3) is 4.57. The lowest BCUT2D eigenvalue weighted by molar-refractivity contribution is -0.141. The van der Waals surface area contributed by atoms with Crippen molar-refractivity contribution >= 4 is 23.5 Å². The van der Waals surface area contributed by atoms with E-state index in [1.54, 1.807) is 24.3 Å². The van der Waals surface area contributed by atoms with Crippen LogP contribution in [-0.4, -0.2) is 33.8 Å². The first-order valence-electron chi connectivity index (χ1n) is 9.35. The normalized spacial score (nSPS) is 18.8. The van der Waals surface area contributed by atoms with Crippen molar-refractivity contribution in [3.63, 3.8) is 0 Å². The lowest BCUT2D eigenvalue weighted by Gasteiger charge is -2.27. The van der Waals surface area contributed by atoms with Gasteiger partial charge in [0.05, 0.1) is 0 Å². The molecule has 0 aromatic heterocycles. The number of aliphatic carboxylic acids is 1. The number of amides is 2. The molecule has 0 spiro atoms.